The Hall–Kier alpha value is -2.54. The molecule has 2 amide bonds. The molecule has 0 fully saturated rings. The lowest BCUT2D eigenvalue weighted by atomic mass is 9.95. The smallest absolute Gasteiger partial charge is 0.328 e. The molecule has 1 aromatic heterocycles. The number of ether oxygens (including phenoxy) is 1. The predicted molar refractivity (Wildman–Crippen MR) is 106 cm³/mol. The molecule has 0 saturated carbocycles. The topological polar surface area (TPSA) is 87.3 Å². The van der Waals surface area contributed by atoms with Crippen LogP contribution in [0.1, 0.15) is 43.3 Å². The molecule has 150 valence electrons. The van der Waals surface area contributed by atoms with Gasteiger partial charge in [-0.25, -0.2) is 14.6 Å². The number of nitrogens with one attached hydrogen (secondary N) is 2. The number of imidazole rings is 1. The van der Waals surface area contributed by atoms with E-state index in [2.05, 4.69) is 15.3 Å². The summed E-state index contributed by atoms with van der Waals surface area (Å²) in [6.07, 6.45) is 3.05. The summed E-state index contributed by atoms with van der Waals surface area (Å²) in [5.41, 5.74) is 2.73. The number of carbonyl (C=O) groups excluding carboxylic acids is 2. The number of amides is 2. The Balaban J connectivity index is 1.91. The largest absolute Gasteiger partial charge is 0.467 e. The summed E-state index contributed by atoms with van der Waals surface area (Å²) < 4.78 is 4.89. The zero-order chi connectivity index (χ0) is 20.3. The minimum absolute atomic E-state index is 0.0453. The molecule has 3 rings (SSSR count). The van der Waals surface area contributed by atoms with Crippen LogP contribution in [0.4, 0.5) is 4.79 Å². The molecule has 7 nitrogen and oxygen atoms in total. The molecule has 2 N–H and O–H groups in total. The molecule has 3 atom stereocenters. The van der Waals surface area contributed by atoms with Gasteiger partial charge < -0.3 is 19.9 Å². The number of hydrogen-bond donors (Lipinski definition) is 2. The van der Waals surface area contributed by atoms with Gasteiger partial charge in [-0.2, -0.15) is 0 Å². The van der Waals surface area contributed by atoms with E-state index < -0.39 is 12.0 Å². The molecule has 0 saturated heterocycles. The molecule has 2 heterocycles. The maximum absolute atomic E-state index is 13.2. The van der Waals surface area contributed by atoms with Gasteiger partial charge in [0.05, 0.1) is 19.1 Å². The normalized spacial score (nSPS) is 18.1. The van der Waals surface area contributed by atoms with Gasteiger partial charge >= 0.3 is 12.0 Å². The molecule has 0 bridgehead atoms. The number of carbonyl (C=O) groups is 2. The van der Waals surface area contributed by atoms with E-state index >= 15 is 0 Å². The van der Waals surface area contributed by atoms with Gasteiger partial charge in [-0.05, 0) is 23.6 Å². The van der Waals surface area contributed by atoms with Crippen molar-refractivity contribution in [1.29, 1.82) is 0 Å². The van der Waals surface area contributed by atoms with Crippen molar-refractivity contribution in [2.45, 2.75) is 38.8 Å². The first-order chi connectivity index (χ1) is 13.5. The summed E-state index contributed by atoms with van der Waals surface area (Å²) in [6.45, 7) is 4.39. The maximum atomic E-state index is 13.2. The third-order valence-corrected chi connectivity index (χ3v) is 5.57. The first-order valence-corrected chi connectivity index (χ1v) is 9.76. The zero-order valence-electron chi connectivity index (χ0n) is 16.2. The van der Waals surface area contributed by atoms with Crippen LogP contribution in [0.15, 0.2) is 30.6 Å². The van der Waals surface area contributed by atoms with Gasteiger partial charge in [-0.15, -0.1) is 0 Å². The third kappa shape index (κ3) is 3.99. The number of urea groups is 1. The Morgan fingerprint density at radius 1 is 1.39 bits per heavy atom. The second kappa shape index (κ2) is 8.65. The molecule has 8 heteroatoms. The number of hydrogen-bond acceptors (Lipinski definition) is 4. The van der Waals surface area contributed by atoms with Gasteiger partial charge in [-0.1, -0.05) is 44.0 Å². The van der Waals surface area contributed by atoms with Crippen LogP contribution in [-0.4, -0.2) is 46.6 Å². The second-order valence-electron chi connectivity index (χ2n) is 7.00. The second-order valence-corrected chi connectivity index (χ2v) is 7.44. The van der Waals surface area contributed by atoms with Crippen LogP contribution in [0.25, 0.3) is 0 Å². The van der Waals surface area contributed by atoms with Crippen LogP contribution >= 0.6 is 11.6 Å². The van der Waals surface area contributed by atoms with Crippen molar-refractivity contribution in [3.63, 3.8) is 0 Å². The first kappa shape index (κ1) is 20.2. The van der Waals surface area contributed by atoms with E-state index in [0.29, 0.717) is 18.0 Å². The molecule has 0 aliphatic carbocycles. The molecule has 1 aromatic carbocycles. The Kier molecular flexibility index (Phi) is 6.24. The summed E-state index contributed by atoms with van der Waals surface area (Å²) >= 11 is 6.03. The molecule has 0 unspecified atom stereocenters. The number of nitrogens with zero attached hydrogens (tertiary/aromatic N) is 2. The molecular weight excluding hydrogens is 380 g/mol. The van der Waals surface area contributed by atoms with Crippen molar-refractivity contribution in [2.24, 2.45) is 5.92 Å². The number of aromatic nitrogens is 2. The standard InChI is InChI=1S/C20H25ClN4O3/c1-4-12(2)16(19(26)28-3)24-20(27)25-10-9-15-17(23-11-22-15)18(25)13-5-7-14(21)8-6-13/h5-8,11-12,16,18H,4,9-10H2,1-3H3,(H,22,23)(H,24,27)/t12-,16-,18+/m0/s1. The van der Waals surface area contributed by atoms with E-state index in [1.807, 2.05) is 26.0 Å². The number of H-pyrrole nitrogens is 1. The fourth-order valence-corrected chi connectivity index (χ4v) is 3.62. The van der Waals surface area contributed by atoms with Crippen molar-refractivity contribution in [2.75, 3.05) is 13.7 Å². The van der Waals surface area contributed by atoms with Gasteiger partial charge in [0.1, 0.15) is 12.1 Å². The number of aromatic amines is 1. The van der Waals surface area contributed by atoms with Gasteiger partial charge in [0, 0.05) is 23.7 Å². The van der Waals surface area contributed by atoms with Gasteiger partial charge in [0.25, 0.3) is 0 Å². The lowest BCUT2D eigenvalue weighted by Crippen LogP contribution is -2.53. The number of halogens is 1. The number of fused-ring (bicyclic) bond motifs is 1. The highest BCUT2D eigenvalue weighted by atomic mass is 35.5. The van der Waals surface area contributed by atoms with Crippen LogP contribution in [0.2, 0.25) is 5.02 Å². The average molecular weight is 405 g/mol. The third-order valence-electron chi connectivity index (χ3n) is 5.32. The van der Waals surface area contributed by atoms with Crippen molar-refractivity contribution in [3.05, 3.63) is 52.6 Å². The molecule has 2 aromatic rings. The van der Waals surface area contributed by atoms with Crippen LogP contribution < -0.4 is 5.32 Å². The highest BCUT2D eigenvalue weighted by Crippen LogP contribution is 2.34. The van der Waals surface area contributed by atoms with Crippen LogP contribution in [0, 0.1) is 5.92 Å². The first-order valence-electron chi connectivity index (χ1n) is 9.38. The Bertz CT molecular complexity index is 836. The van der Waals surface area contributed by atoms with Gasteiger partial charge in [-0.3, -0.25) is 0 Å². The summed E-state index contributed by atoms with van der Waals surface area (Å²) in [5.74, 6) is -0.487. The van der Waals surface area contributed by atoms with Crippen LogP contribution in [0.3, 0.4) is 0 Å². The summed E-state index contributed by atoms with van der Waals surface area (Å²) in [7, 11) is 1.33. The van der Waals surface area contributed by atoms with Crippen molar-refractivity contribution >= 4 is 23.6 Å². The van der Waals surface area contributed by atoms with Crippen LogP contribution in [-0.2, 0) is 16.0 Å². The molecular formula is C20H25ClN4O3. The number of benzene rings is 1. The monoisotopic (exact) mass is 404 g/mol. The summed E-state index contributed by atoms with van der Waals surface area (Å²) in [4.78, 5) is 34.7. The minimum Gasteiger partial charge on any atom is -0.467 e. The van der Waals surface area contributed by atoms with Crippen molar-refractivity contribution < 1.29 is 14.3 Å². The van der Waals surface area contributed by atoms with Crippen LogP contribution in [0.5, 0.6) is 0 Å². The van der Waals surface area contributed by atoms with E-state index in [1.165, 1.54) is 7.11 Å². The van der Waals surface area contributed by atoms with Gasteiger partial charge in [0.15, 0.2) is 0 Å². The summed E-state index contributed by atoms with van der Waals surface area (Å²) in [5, 5.41) is 3.50. The quantitative estimate of drug-likeness (QED) is 0.748. The predicted octanol–water partition coefficient (Wildman–Crippen LogP) is 3.31. The van der Waals surface area contributed by atoms with E-state index in [1.54, 1.807) is 23.4 Å². The fraction of sp³-hybridized carbons (Fsp3) is 0.450. The van der Waals surface area contributed by atoms with Crippen molar-refractivity contribution in [3.8, 4) is 0 Å². The lowest BCUT2D eigenvalue weighted by Gasteiger charge is -2.36. The minimum atomic E-state index is -0.700. The highest BCUT2D eigenvalue weighted by Gasteiger charge is 2.36. The van der Waals surface area contributed by atoms with Crippen molar-refractivity contribution in [1.82, 2.24) is 20.2 Å². The molecule has 28 heavy (non-hydrogen) atoms. The molecule has 1 aliphatic heterocycles. The van der Waals surface area contributed by atoms with E-state index in [0.717, 1.165) is 23.4 Å². The zero-order valence-corrected chi connectivity index (χ0v) is 17.0. The molecule has 0 spiro atoms. The SMILES string of the molecule is CC[C@H](C)[C@H](NC(=O)N1CCc2[nH]cnc2[C@H]1c1ccc(Cl)cc1)C(=O)OC. The number of rotatable bonds is 5. The summed E-state index contributed by atoms with van der Waals surface area (Å²) in [6, 6.07) is 6.00. The van der Waals surface area contributed by atoms with E-state index in [4.69, 9.17) is 16.3 Å². The average Bonchev–Trinajstić information content (AvgIpc) is 3.19. The van der Waals surface area contributed by atoms with Gasteiger partial charge in [0.2, 0.25) is 0 Å². The Morgan fingerprint density at radius 2 is 2.11 bits per heavy atom. The highest BCUT2D eigenvalue weighted by molar-refractivity contribution is 6.30. The molecule has 1 aliphatic rings. The lowest BCUT2D eigenvalue weighted by molar-refractivity contribution is -0.144. The fourth-order valence-electron chi connectivity index (χ4n) is 3.49. The maximum Gasteiger partial charge on any atom is 0.328 e. The van der Waals surface area contributed by atoms with E-state index in [9.17, 15) is 9.59 Å². The Labute approximate surface area is 169 Å². The van der Waals surface area contributed by atoms with E-state index in [-0.39, 0.29) is 18.0 Å². The molecule has 0 radical (unpaired) electrons. The number of methoxy groups -OCH3 is 1. The number of esters is 1. The Morgan fingerprint density at radius 3 is 2.75 bits per heavy atom.